The summed E-state index contributed by atoms with van der Waals surface area (Å²) in [6.07, 6.45) is 4.87. The molecule has 1 aromatic carbocycles. The monoisotopic (exact) mass is 344 g/mol. The van der Waals surface area contributed by atoms with Crippen molar-refractivity contribution in [2.24, 2.45) is 4.99 Å². The molecule has 1 saturated heterocycles. The number of sulfonamides is 1. The molecule has 0 N–H and O–H groups in total. The number of hydrogen-bond acceptors (Lipinski definition) is 3. The minimum absolute atomic E-state index is 0.475. The van der Waals surface area contributed by atoms with E-state index in [1.807, 2.05) is 43.3 Å². The van der Waals surface area contributed by atoms with Gasteiger partial charge in [-0.1, -0.05) is 37.3 Å². The Hall–Kier alpha value is -1.88. The Bertz CT molecular complexity index is 851. The second-order valence-electron chi connectivity index (χ2n) is 6.54. The lowest BCUT2D eigenvalue weighted by Crippen LogP contribution is -2.32. The van der Waals surface area contributed by atoms with Gasteiger partial charge in [-0.15, -0.1) is 0 Å². The molecule has 2 aliphatic rings. The molecular formula is C19H24N2O2S. The summed E-state index contributed by atoms with van der Waals surface area (Å²) in [5.41, 5.74) is 4.71. The molecule has 0 saturated carbocycles. The molecule has 4 nitrogen and oxygen atoms in total. The molecule has 0 bridgehead atoms. The highest BCUT2D eigenvalue weighted by atomic mass is 32.2. The first-order valence-electron chi connectivity index (χ1n) is 8.31. The molecule has 0 amide bonds. The Morgan fingerprint density at radius 2 is 1.92 bits per heavy atom. The fourth-order valence-electron chi connectivity index (χ4n) is 3.93. The summed E-state index contributed by atoms with van der Waals surface area (Å²) in [7, 11) is -3.33. The summed E-state index contributed by atoms with van der Waals surface area (Å²) in [6.45, 7) is 6.73. The molecule has 1 atom stereocenters. The van der Waals surface area contributed by atoms with Crippen molar-refractivity contribution in [2.75, 3.05) is 12.8 Å². The molecule has 2 aliphatic heterocycles. The van der Waals surface area contributed by atoms with Gasteiger partial charge in [0.05, 0.1) is 12.0 Å². The average molecular weight is 344 g/mol. The normalized spacial score (nSPS) is 25.9. The SMILES string of the molecule is CCC1=C(C)[C@@]2(CCN(S(C)(=O)=O)/C2=C/c2ccccc2)N=C1C. The quantitative estimate of drug-likeness (QED) is 0.841. The first-order chi connectivity index (χ1) is 11.3. The zero-order valence-electron chi connectivity index (χ0n) is 14.7. The zero-order valence-corrected chi connectivity index (χ0v) is 15.5. The number of rotatable bonds is 3. The van der Waals surface area contributed by atoms with Gasteiger partial charge in [0.25, 0.3) is 0 Å². The molecule has 1 spiro atoms. The number of hydrogen-bond donors (Lipinski definition) is 0. The summed E-state index contributed by atoms with van der Waals surface area (Å²) in [4.78, 5) is 4.96. The highest BCUT2D eigenvalue weighted by molar-refractivity contribution is 7.88. The van der Waals surface area contributed by atoms with Crippen LogP contribution in [0.3, 0.4) is 0 Å². The van der Waals surface area contributed by atoms with Crippen LogP contribution in [0.15, 0.2) is 52.2 Å². The minimum Gasteiger partial charge on any atom is -0.272 e. The Balaban J connectivity index is 2.21. The van der Waals surface area contributed by atoms with E-state index in [0.29, 0.717) is 13.0 Å². The predicted octanol–water partition coefficient (Wildman–Crippen LogP) is 3.63. The van der Waals surface area contributed by atoms with Gasteiger partial charge in [-0.3, -0.25) is 9.30 Å². The summed E-state index contributed by atoms with van der Waals surface area (Å²) >= 11 is 0. The largest absolute Gasteiger partial charge is 0.272 e. The van der Waals surface area contributed by atoms with Crippen molar-refractivity contribution in [3.05, 3.63) is 52.7 Å². The van der Waals surface area contributed by atoms with Gasteiger partial charge >= 0.3 is 0 Å². The van der Waals surface area contributed by atoms with Crippen molar-refractivity contribution in [3.63, 3.8) is 0 Å². The van der Waals surface area contributed by atoms with Crippen LogP contribution in [0.1, 0.15) is 39.2 Å². The third-order valence-corrected chi connectivity index (χ3v) is 6.27. The number of allylic oxidation sites excluding steroid dienone is 1. The van der Waals surface area contributed by atoms with Crippen molar-refractivity contribution in [1.29, 1.82) is 0 Å². The minimum atomic E-state index is -3.33. The molecule has 0 aliphatic carbocycles. The van der Waals surface area contributed by atoms with Crippen LogP contribution in [-0.4, -0.2) is 36.8 Å². The number of aliphatic imine (C=N–C) groups is 1. The Labute approximate surface area is 144 Å². The van der Waals surface area contributed by atoms with E-state index in [4.69, 9.17) is 4.99 Å². The van der Waals surface area contributed by atoms with Gasteiger partial charge in [-0.05, 0) is 43.1 Å². The third kappa shape index (κ3) is 2.61. The maximum atomic E-state index is 12.3. The van der Waals surface area contributed by atoms with Crippen LogP contribution < -0.4 is 0 Å². The van der Waals surface area contributed by atoms with E-state index in [1.165, 1.54) is 21.7 Å². The maximum Gasteiger partial charge on any atom is 0.232 e. The predicted molar refractivity (Wildman–Crippen MR) is 99.4 cm³/mol. The third-order valence-electron chi connectivity index (χ3n) is 5.09. The molecular weight excluding hydrogens is 320 g/mol. The molecule has 0 unspecified atom stereocenters. The lowest BCUT2D eigenvalue weighted by molar-refractivity contribution is 0.515. The molecule has 0 radical (unpaired) electrons. The van der Waals surface area contributed by atoms with Crippen molar-refractivity contribution in [1.82, 2.24) is 4.31 Å². The fourth-order valence-corrected chi connectivity index (χ4v) is 4.92. The molecule has 128 valence electrons. The van der Waals surface area contributed by atoms with Gasteiger partial charge in [-0.2, -0.15) is 0 Å². The van der Waals surface area contributed by atoms with E-state index in [0.717, 1.165) is 23.4 Å². The van der Waals surface area contributed by atoms with E-state index in [1.54, 1.807) is 0 Å². The highest BCUT2D eigenvalue weighted by Gasteiger charge is 2.50. The van der Waals surface area contributed by atoms with Crippen LogP contribution in [0.2, 0.25) is 0 Å². The maximum absolute atomic E-state index is 12.3. The van der Waals surface area contributed by atoms with E-state index >= 15 is 0 Å². The lowest BCUT2D eigenvalue weighted by atomic mass is 9.85. The van der Waals surface area contributed by atoms with Gasteiger partial charge in [0.2, 0.25) is 10.0 Å². The summed E-state index contributed by atoms with van der Waals surface area (Å²) in [6, 6.07) is 9.86. The molecule has 1 aromatic rings. The topological polar surface area (TPSA) is 49.7 Å². The summed E-state index contributed by atoms with van der Waals surface area (Å²) in [5, 5.41) is 0. The molecule has 5 heteroatoms. The van der Waals surface area contributed by atoms with E-state index in [2.05, 4.69) is 13.8 Å². The standard InChI is InChI=1S/C19H24N2O2S/c1-5-17-14(2)19(20-15(17)3)11-12-21(24(4,22)23)18(19)13-16-9-7-6-8-10-16/h6-10,13H,5,11-12H2,1-4H3/b18-13+/t19-/m1/s1. The van der Waals surface area contributed by atoms with E-state index in [-0.39, 0.29) is 0 Å². The second kappa shape index (κ2) is 5.88. The Morgan fingerprint density at radius 3 is 2.46 bits per heavy atom. The Morgan fingerprint density at radius 1 is 1.25 bits per heavy atom. The molecule has 3 rings (SSSR count). The number of benzene rings is 1. The molecule has 24 heavy (non-hydrogen) atoms. The van der Waals surface area contributed by atoms with Crippen LogP contribution in [0.25, 0.3) is 6.08 Å². The fraction of sp³-hybridized carbons (Fsp3) is 0.421. The van der Waals surface area contributed by atoms with Gasteiger partial charge < -0.3 is 0 Å². The van der Waals surface area contributed by atoms with Gasteiger partial charge in [0.1, 0.15) is 5.54 Å². The zero-order chi connectivity index (χ0) is 17.5. The van der Waals surface area contributed by atoms with Crippen molar-refractivity contribution < 1.29 is 8.42 Å². The lowest BCUT2D eigenvalue weighted by Gasteiger charge is -2.28. The highest BCUT2D eigenvalue weighted by Crippen LogP contribution is 2.48. The first kappa shape index (κ1) is 17.0. The second-order valence-corrected chi connectivity index (χ2v) is 8.45. The van der Waals surface area contributed by atoms with Gasteiger partial charge in [0.15, 0.2) is 0 Å². The summed E-state index contributed by atoms with van der Waals surface area (Å²) < 4.78 is 26.2. The molecule has 0 aromatic heterocycles. The van der Waals surface area contributed by atoms with E-state index < -0.39 is 15.6 Å². The van der Waals surface area contributed by atoms with Crippen LogP contribution in [-0.2, 0) is 10.0 Å². The van der Waals surface area contributed by atoms with Crippen molar-refractivity contribution in [2.45, 2.75) is 39.2 Å². The van der Waals surface area contributed by atoms with Crippen LogP contribution in [0.4, 0.5) is 0 Å². The Kier molecular flexibility index (Phi) is 4.16. The number of nitrogens with zero attached hydrogens (tertiary/aromatic N) is 2. The van der Waals surface area contributed by atoms with Crippen LogP contribution in [0.5, 0.6) is 0 Å². The first-order valence-corrected chi connectivity index (χ1v) is 10.2. The van der Waals surface area contributed by atoms with Crippen LogP contribution >= 0.6 is 0 Å². The average Bonchev–Trinajstić information content (AvgIpc) is 2.99. The van der Waals surface area contributed by atoms with Crippen molar-refractivity contribution in [3.8, 4) is 0 Å². The van der Waals surface area contributed by atoms with Crippen molar-refractivity contribution >= 4 is 21.8 Å². The molecule has 2 heterocycles. The molecule has 1 fully saturated rings. The summed E-state index contributed by atoms with van der Waals surface area (Å²) in [5.74, 6) is 0. The van der Waals surface area contributed by atoms with E-state index in [9.17, 15) is 8.42 Å². The van der Waals surface area contributed by atoms with Gasteiger partial charge in [0, 0.05) is 18.7 Å². The van der Waals surface area contributed by atoms with Gasteiger partial charge in [-0.25, -0.2) is 8.42 Å². The smallest absolute Gasteiger partial charge is 0.232 e. The van der Waals surface area contributed by atoms with Crippen LogP contribution in [0, 0.1) is 0 Å².